The minimum atomic E-state index is -0.710. The zero-order valence-electron chi connectivity index (χ0n) is 6.87. The summed E-state index contributed by atoms with van der Waals surface area (Å²) in [6.45, 7) is 0. The molecule has 6 heteroatoms. The quantitative estimate of drug-likeness (QED) is 0.362. The minimum absolute atomic E-state index is 0. The first-order valence-electron chi connectivity index (χ1n) is 2.71. The van der Waals surface area contributed by atoms with E-state index in [1.165, 1.54) is 12.3 Å². The summed E-state index contributed by atoms with van der Waals surface area (Å²) in [5.41, 5.74) is -0.724. The van der Waals surface area contributed by atoms with Crippen molar-refractivity contribution in [3.05, 3.63) is 32.8 Å². The predicted octanol–water partition coefficient (Wildman–Crippen LogP) is -1.58. The molecule has 2 rings (SSSR count). The van der Waals surface area contributed by atoms with Crippen LogP contribution >= 0.6 is 0 Å². The molecule has 0 unspecified atom stereocenters. The van der Waals surface area contributed by atoms with E-state index >= 15 is 0 Å². The molecule has 12 heavy (non-hydrogen) atoms. The van der Waals surface area contributed by atoms with E-state index in [2.05, 4.69) is 9.97 Å². The van der Waals surface area contributed by atoms with Gasteiger partial charge in [-0.2, -0.15) is 0 Å². The van der Waals surface area contributed by atoms with Crippen molar-refractivity contribution in [2.75, 3.05) is 0 Å². The van der Waals surface area contributed by atoms with Gasteiger partial charge in [0, 0.05) is 65.3 Å². The molecule has 0 N–H and O–H groups in total. The maximum absolute atomic E-state index is 10.8. The Morgan fingerprint density at radius 2 is 1.83 bits per heavy atom. The van der Waals surface area contributed by atoms with Gasteiger partial charge in [0.05, 0.1) is 5.69 Å². The maximum Gasteiger partial charge on any atom is 0.320 e. The second-order valence-corrected chi connectivity index (χ2v) is 1.92. The summed E-state index contributed by atoms with van der Waals surface area (Å²) in [6.07, 6.45) is 1.46. The molecule has 0 bridgehead atoms. The first-order valence-corrected chi connectivity index (χ1v) is 2.71. The third-order valence-electron chi connectivity index (χ3n) is 1.31. The van der Waals surface area contributed by atoms with Crippen molar-refractivity contribution in [2.45, 2.75) is 0 Å². The van der Waals surface area contributed by atoms with Gasteiger partial charge in [-0.1, -0.05) is 0 Å². The molecule has 0 aromatic heterocycles. The molecule has 0 atom stereocenters. The Labute approximate surface area is 112 Å². The molecule has 2 radical (unpaired) electrons. The molecule has 2 aliphatic rings. The van der Waals surface area contributed by atoms with Crippen molar-refractivity contribution in [3.8, 4) is 11.4 Å². The summed E-state index contributed by atoms with van der Waals surface area (Å²) in [4.78, 5) is 28.4. The second kappa shape index (κ2) is 4.60. The van der Waals surface area contributed by atoms with Crippen LogP contribution in [0.2, 0.25) is 0 Å². The molecule has 0 aromatic carbocycles. The Balaban J connectivity index is 0.000000605. The summed E-state index contributed by atoms with van der Waals surface area (Å²) in [5.74, 6) is 0. The van der Waals surface area contributed by atoms with Crippen LogP contribution in [0.1, 0.15) is 0 Å². The molecule has 2 aliphatic heterocycles. The van der Waals surface area contributed by atoms with E-state index in [1.54, 1.807) is 0 Å². The fourth-order valence-electron chi connectivity index (χ4n) is 0.854. The molecule has 0 aliphatic carbocycles. The van der Waals surface area contributed by atoms with E-state index in [9.17, 15) is 9.59 Å². The summed E-state index contributed by atoms with van der Waals surface area (Å²) >= 11 is 0. The molecule has 0 amide bonds. The number of nitrogens with zero attached hydrogens (tertiary/aromatic N) is 2. The van der Waals surface area contributed by atoms with Crippen molar-refractivity contribution >= 4 is 59.1 Å². The summed E-state index contributed by atoms with van der Waals surface area (Å²) in [6, 6.07) is 1.54. The van der Waals surface area contributed by atoms with Crippen LogP contribution in [-0.2, 0) is 0 Å². The van der Waals surface area contributed by atoms with Gasteiger partial charge in [-0.25, -0.2) is 4.98 Å². The van der Waals surface area contributed by atoms with Gasteiger partial charge in [-0.15, -0.1) is 0 Å². The maximum atomic E-state index is 10.8. The third kappa shape index (κ3) is 1.84. The van der Waals surface area contributed by atoms with Gasteiger partial charge in [0.2, 0.25) is 0 Å². The van der Waals surface area contributed by atoms with Crippen molar-refractivity contribution < 1.29 is 0 Å². The van der Waals surface area contributed by atoms with E-state index in [0.29, 0.717) is 5.69 Å². The summed E-state index contributed by atoms with van der Waals surface area (Å²) < 4.78 is 0. The van der Waals surface area contributed by atoms with E-state index in [1.807, 2.05) is 0 Å². The van der Waals surface area contributed by atoms with Crippen molar-refractivity contribution in [1.29, 1.82) is 0 Å². The number of hydrogen-bond acceptors (Lipinski definition) is 4. The van der Waals surface area contributed by atoms with Crippen molar-refractivity contribution in [3.63, 3.8) is 0 Å². The van der Waals surface area contributed by atoms with E-state index in [0.717, 1.165) is 0 Å². The smallest absolute Gasteiger partial charge is 0.281 e. The molecular weight excluding hydrogens is 178 g/mol. The molecule has 0 saturated carbocycles. The monoisotopic (exact) mass is 180 g/mol. The van der Waals surface area contributed by atoms with Crippen LogP contribution in [0.4, 0.5) is 0 Å². The first kappa shape index (κ1) is 12.4. The normalized spacial score (nSPS) is 9.00. The Morgan fingerprint density at radius 1 is 1.17 bits per heavy atom. The summed E-state index contributed by atoms with van der Waals surface area (Å²) in [5, 5.41) is 0. The Kier molecular flexibility index (Phi) is 4.76. The van der Waals surface area contributed by atoms with Gasteiger partial charge in [0.1, 0.15) is 5.69 Å². The van der Waals surface area contributed by atoms with Crippen LogP contribution in [0.3, 0.4) is 0 Å². The van der Waals surface area contributed by atoms with E-state index in [-0.39, 0.29) is 64.8 Å². The average molecular weight is 180 g/mol. The number of fused-ring (bicyclic) bond motifs is 1. The van der Waals surface area contributed by atoms with Gasteiger partial charge < -0.3 is 0 Å². The minimum Gasteiger partial charge on any atom is -0.281 e. The average Bonchev–Trinajstić information content (AvgIpc) is 2.41. The van der Waals surface area contributed by atoms with Gasteiger partial charge in [0.25, 0.3) is 5.43 Å². The number of aromatic nitrogens is 2. The van der Waals surface area contributed by atoms with Crippen molar-refractivity contribution in [1.82, 2.24) is 9.97 Å². The topological polar surface area (TPSA) is 59.9 Å². The van der Waals surface area contributed by atoms with Gasteiger partial charge in [-0.3, -0.25) is 14.6 Å². The van der Waals surface area contributed by atoms with Gasteiger partial charge in [-0.05, 0) is 6.07 Å². The molecule has 4 nitrogen and oxygen atoms in total. The zero-order chi connectivity index (χ0) is 7.14. The van der Waals surface area contributed by atoms with Crippen LogP contribution in [-0.4, -0.2) is 69.1 Å². The Morgan fingerprint density at radius 3 is 2.42 bits per heavy atom. The fourth-order valence-corrected chi connectivity index (χ4v) is 0.854. The molecule has 50 valence electrons. The molecule has 0 aromatic rings. The predicted molar refractivity (Wildman–Crippen MR) is 45.1 cm³/mol. The first-order chi connectivity index (χ1) is 4.79. The van der Waals surface area contributed by atoms with Crippen LogP contribution < -0.4 is 11.0 Å². The molecular formula is C6H2N2Na2O2. The van der Waals surface area contributed by atoms with Gasteiger partial charge in [0.15, 0.2) is 0 Å². The van der Waals surface area contributed by atoms with E-state index < -0.39 is 11.0 Å². The second-order valence-electron chi connectivity index (χ2n) is 1.92. The molecule has 2 heterocycles. The summed E-state index contributed by atoms with van der Waals surface area (Å²) in [7, 11) is 0. The molecule has 0 saturated heterocycles. The fraction of sp³-hybridized carbons (Fsp3) is 0. The van der Waals surface area contributed by atoms with E-state index in [4.69, 9.17) is 0 Å². The zero-order valence-corrected chi connectivity index (χ0v) is 10.9. The number of hydrogen-bond donors (Lipinski definition) is 0. The Bertz CT molecular complexity index is 421. The van der Waals surface area contributed by atoms with Crippen LogP contribution in [0.15, 0.2) is 21.9 Å². The molecule has 0 fully saturated rings. The number of rotatable bonds is 0. The molecule has 0 spiro atoms. The van der Waals surface area contributed by atoms with Gasteiger partial charge >= 0.3 is 5.56 Å². The van der Waals surface area contributed by atoms with Crippen LogP contribution in [0.5, 0.6) is 0 Å². The van der Waals surface area contributed by atoms with Crippen LogP contribution in [0, 0.1) is 0 Å². The third-order valence-corrected chi connectivity index (χ3v) is 1.31. The largest absolute Gasteiger partial charge is 0.320 e. The van der Waals surface area contributed by atoms with Crippen molar-refractivity contribution in [2.24, 2.45) is 0 Å². The Hall–Kier alpha value is 0.420. The standard InChI is InChI=1S/C6H2N2O2.2Na/c9-5-4-3(1-2-7-4)8-6(5)10;;/h1-2H;;. The van der Waals surface area contributed by atoms with Crippen LogP contribution in [0.25, 0.3) is 11.4 Å². The SMILES string of the molecule is O=c1nc2ccnc-2c1=O.[Na].[Na].